The van der Waals surface area contributed by atoms with Gasteiger partial charge in [-0.05, 0) is 34.5 Å². The molecule has 5 nitrogen and oxygen atoms in total. The quantitative estimate of drug-likeness (QED) is 0.563. The summed E-state index contributed by atoms with van der Waals surface area (Å²) in [6.07, 6.45) is 4.53. The van der Waals surface area contributed by atoms with Crippen molar-refractivity contribution in [3.63, 3.8) is 0 Å². The van der Waals surface area contributed by atoms with Gasteiger partial charge in [-0.2, -0.15) is 11.3 Å². The van der Waals surface area contributed by atoms with E-state index in [-0.39, 0.29) is 28.6 Å². The van der Waals surface area contributed by atoms with Crippen LogP contribution in [0.15, 0.2) is 39.6 Å². The van der Waals surface area contributed by atoms with E-state index in [0.29, 0.717) is 11.0 Å². The Kier molecular flexibility index (Phi) is 4.08. The van der Waals surface area contributed by atoms with Crippen LogP contribution in [0.2, 0.25) is 0 Å². The van der Waals surface area contributed by atoms with Crippen LogP contribution in [-0.4, -0.2) is 25.1 Å². The number of benzene rings is 1. The van der Waals surface area contributed by atoms with Crippen molar-refractivity contribution in [1.29, 1.82) is 0 Å². The van der Waals surface area contributed by atoms with E-state index in [1.807, 2.05) is 16.8 Å². The fourth-order valence-electron chi connectivity index (χ4n) is 2.38. The van der Waals surface area contributed by atoms with Crippen molar-refractivity contribution < 1.29 is 23.8 Å². The van der Waals surface area contributed by atoms with E-state index in [9.17, 15) is 9.90 Å². The third-order valence-corrected chi connectivity index (χ3v) is 4.12. The van der Waals surface area contributed by atoms with Gasteiger partial charge < -0.3 is 19.0 Å². The maximum atomic E-state index is 12.6. The minimum atomic E-state index is -0.382. The average Bonchev–Trinajstić information content (AvgIpc) is 3.22. The lowest BCUT2D eigenvalue weighted by molar-refractivity contribution is 0.104. The number of phenols is 1. The molecule has 2 aromatic heterocycles. The Balaban J connectivity index is 2.15. The van der Waals surface area contributed by atoms with Gasteiger partial charge in [0.15, 0.2) is 17.1 Å². The smallest absolute Gasteiger partial charge is 0.205 e. The monoisotopic (exact) mass is 330 g/mol. The molecular formula is C17H14O5S. The van der Waals surface area contributed by atoms with E-state index in [0.717, 1.165) is 5.56 Å². The molecule has 2 heterocycles. The summed E-state index contributed by atoms with van der Waals surface area (Å²) in [5.74, 6) is -0.316. The van der Waals surface area contributed by atoms with Crippen LogP contribution in [-0.2, 0) is 0 Å². The second-order valence-corrected chi connectivity index (χ2v) is 5.49. The van der Waals surface area contributed by atoms with Crippen molar-refractivity contribution in [1.82, 2.24) is 0 Å². The molecule has 0 saturated heterocycles. The number of thiophene rings is 1. The molecule has 0 aliphatic rings. The summed E-state index contributed by atoms with van der Waals surface area (Å²) in [5.41, 5.74) is 1.29. The number of carbonyl (C=O) groups is 1. The summed E-state index contributed by atoms with van der Waals surface area (Å²) in [6, 6.07) is 3.56. The number of allylic oxidation sites excluding steroid dienone is 1. The highest BCUT2D eigenvalue weighted by Gasteiger charge is 2.26. The van der Waals surface area contributed by atoms with Gasteiger partial charge in [0.2, 0.25) is 5.75 Å². The molecule has 6 heteroatoms. The van der Waals surface area contributed by atoms with Gasteiger partial charge in [0.05, 0.1) is 25.9 Å². The first-order chi connectivity index (χ1) is 11.2. The number of aromatic hydroxyl groups is 1. The van der Waals surface area contributed by atoms with E-state index in [1.54, 1.807) is 12.1 Å². The van der Waals surface area contributed by atoms with Crippen LogP contribution < -0.4 is 9.47 Å². The van der Waals surface area contributed by atoms with Crippen molar-refractivity contribution in [3.8, 4) is 17.2 Å². The number of hydrogen-bond acceptors (Lipinski definition) is 6. The number of fused-ring (bicyclic) bond motifs is 1. The van der Waals surface area contributed by atoms with Gasteiger partial charge in [-0.25, -0.2) is 0 Å². The average molecular weight is 330 g/mol. The molecular weight excluding hydrogens is 316 g/mol. The van der Waals surface area contributed by atoms with E-state index < -0.39 is 0 Å². The minimum Gasteiger partial charge on any atom is -0.504 e. The first-order valence-electron chi connectivity index (χ1n) is 6.76. The van der Waals surface area contributed by atoms with Crippen molar-refractivity contribution in [2.24, 2.45) is 0 Å². The summed E-state index contributed by atoms with van der Waals surface area (Å²) in [7, 11) is 2.84. The molecule has 0 bridgehead atoms. The Bertz CT molecular complexity index is 874. The Morgan fingerprint density at radius 2 is 2.04 bits per heavy atom. The SMILES string of the molecule is COc1c(C(=O)C=Cc2ccsc2)c(O)c(OC)c2occc12. The summed E-state index contributed by atoms with van der Waals surface area (Å²) in [6.45, 7) is 0. The number of rotatable bonds is 5. The van der Waals surface area contributed by atoms with E-state index in [1.165, 1.54) is 37.9 Å². The molecule has 23 heavy (non-hydrogen) atoms. The van der Waals surface area contributed by atoms with E-state index >= 15 is 0 Å². The molecule has 0 aliphatic carbocycles. The van der Waals surface area contributed by atoms with Crippen LogP contribution in [0.4, 0.5) is 0 Å². The molecule has 1 N–H and O–H groups in total. The number of phenolic OH excluding ortho intramolecular Hbond substituents is 1. The molecule has 3 aromatic rings. The summed E-state index contributed by atoms with van der Waals surface area (Å²) >= 11 is 1.54. The number of ketones is 1. The first kappa shape index (κ1) is 15.2. The predicted molar refractivity (Wildman–Crippen MR) is 88.7 cm³/mol. The van der Waals surface area contributed by atoms with Crippen molar-refractivity contribution in [2.75, 3.05) is 14.2 Å². The van der Waals surface area contributed by atoms with Gasteiger partial charge in [0, 0.05) is 0 Å². The van der Waals surface area contributed by atoms with Crippen LogP contribution >= 0.6 is 11.3 Å². The van der Waals surface area contributed by atoms with Gasteiger partial charge >= 0.3 is 0 Å². The fraction of sp³-hybridized carbons (Fsp3) is 0.118. The summed E-state index contributed by atoms with van der Waals surface area (Å²) < 4.78 is 15.8. The molecule has 0 fully saturated rings. The van der Waals surface area contributed by atoms with E-state index in [4.69, 9.17) is 13.9 Å². The standard InChI is InChI=1S/C17H14O5S/c1-20-15-11-5-7-22-16(11)17(21-2)14(19)13(15)12(18)4-3-10-6-8-23-9-10/h3-9,19H,1-2H3. The molecule has 0 radical (unpaired) electrons. The molecule has 1 aromatic carbocycles. The molecule has 0 spiro atoms. The Hall–Kier alpha value is -2.73. The Morgan fingerprint density at radius 3 is 2.70 bits per heavy atom. The molecule has 0 saturated carbocycles. The zero-order valence-electron chi connectivity index (χ0n) is 12.5. The second-order valence-electron chi connectivity index (χ2n) is 4.71. The lowest BCUT2D eigenvalue weighted by Gasteiger charge is -2.12. The highest BCUT2D eigenvalue weighted by atomic mass is 32.1. The van der Waals surface area contributed by atoms with Crippen molar-refractivity contribution in [2.45, 2.75) is 0 Å². The highest BCUT2D eigenvalue weighted by Crippen LogP contribution is 2.45. The molecule has 3 rings (SSSR count). The molecule has 0 aliphatic heterocycles. The van der Waals surface area contributed by atoms with Crippen molar-refractivity contribution in [3.05, 3.63) is 46.4 Å². The molecule has 118 valence electrons. The first-order valence-corrected chi connectivity index (χ1v) is 7.70. The van der Waals surface area contributed by atoms with Crippen LogP contribution in [0.1, 0.15) is 15.9 Å². The fourth-order valence-corrected chi connectivity index (χ4v) is 3.01. The summed E-state index contributed by atoms with van der Waals surface area (Å²) in [4.78, 5) is 12.6. The topological polar surface area (TPSA) is 68.9 Å². The maximum Gasteiger partial charge on any atom is 0.205 e. The van der Waals surface area contributed by atoms with Gasteiger partial charge in [-0.15, -0.1) is 0 Å². The van der Waals surface area contributed by atoms with Gasteiger partial charge in [-0.3, -0.25) is 4.79 Å². The normalized spacial score (nSPS) is 11.2. The molecule has 0 unspecified atom stereocenters. The summed E-state index contributed by atoms with van der Waals surface area (Å²) in [5, 5.41) is 14.8. The third kappa shape index (κ3) is 2.57. The lowest BCUT2D eigenvalue weighted by atomic mass is 10.0. The second kappa shape index (κ2) is 6.18. The number of carbonyl (C=O) groups excluding carboxylic acids is 1. The van der Waals surface area contributed by atoms with Crippen LogP contribution in [0.25, 0.3) is 17.0 Å². The number of furan rings is 1. The van der Waals surface area contributed by atoms with Crippen LogP contribution in [0, 0.1) is 0 Å². The number of methoxy groups -OCH3 is 2. The van der Waals surface area contributed by atoms with Gasteiger partial charge in [-0.1, -0.05) is 6.08 Å². The number of ether oxygens (including phenoxy) is 2. The van der Waals surface area contributed by atoms with E-state index in [2.05, 4.69) is 0 Å². The van der Waals surface area contributed by atoms with Crippen molar-refractivity contribution >= 4 is 34.2 Å². The molecule has 0 amide bonds. The molecule has 0 atom stereocenters. The minimum absolute atomic E-state index is 0.0460. The zero-order valence-corrected chi connectivity index (χ0v) is 13.3. The predicted octanol–water partition coefficient (Wildman–Crippen LogP) is 4.11. The Labute approximate surface area is 136 Å². The van der Waals surface area contributed by atoms with Gasteiger partial charge in [0.1, 0.15) is 11.3 Å². The Morgan fingerprint density at radius 1 is 1.26 bits per heavy atom. The third-order valence-electron chi connectivity index (χ3n) is 3.42. The zero-order chi connectivity index (χ0) is 16.4. The maximum absolute atomic E-state index is 12.6. The number of hydrogen-bond donors (Lipinski definition) is 1. The van der Waals surface area contributed by atoms with Crippen LogP contribution in [0.5, 0.6) is 17.2 Å². The lowest BCUT2D eigenvalue weighted by Crippen LogP contribution is -2.02. The van der Waals surface area contributed by atoms with Gasteiger partial charge in [0.25, 0.3) is 0 Å². The van der Waals surface area contributed by atoms with Crippen LogP contribution in [0.3, 0.4) is 0 Å². The largest absolute Gasteiger partial charge is 0.504 e. The highest BCUT2D eigenvalue weighted by molar-refractivity contribution is 7.08.